The van der Waals surface area contributed by atoms with Crippen LogP contribution in [0.4, 0.5) is 0 Å². The van der Waals surface area contributed by atoms with E-state index >= 15 is 0 Å². The molecule has 0 saturated heterocycles. The molecule has 0 aromatic heterocycles. The quantitative estimate of drug-likeness (QED) is 0.602. The fourth-order valence-corrected chi connectivity index (χ4v) is 1.47. The fourth-order valence-electron chi connectivity index (χ4n) is 1.47. The van der Waals surface area contributed by atoms with E-state index in [2.05, 4.69) is 36.3 Å². The normalized spacial score (nSPS) is 11.1. The van der Waals surface area contributed by atoms with E-state index in [9.17, 15) is 4.79 Å². The van der Waals surface area contributed by atoms with Gasteiger partial charge in [-0.2, -0.15) is 0 Å². The van der Waals surface area contributed by atoms with Crippen LogP contribution < -0.4 is 5.32 Å². The van der Waals surface area contributed by atoms with E-state index in [-0.39, 0.29) is 7.33 Å². The molecule has 0 aromatic rings. The largest absolute Gasteiger partial charge is 0.356 e. The molecule has 0 bridgehead atoms. The van der Waals surface area contributed by atoms with Crippen molar-refractivity contribution < 1.29 is 6.22 Å². The third-order valence-electron chi connectivity index (χ3n) is 2.51. The Hall–Kier alpha value is -0.610. The van der Waals surface area contributed by atoms with Gasteiger partial charge in [0.2, 0.25) is 5.91 Å². The number of carbonyl (C=O) groups is 1. The van der Waals surface area contributed by atoms with Crippen molar-refractivity contribution in [2.45, 2.75) is 26.2 Å². The molecule has 4 nitrogen and oxygen atoms in total. The maximum atomic E-state index is 11.0. The third-order valence-corrected chi connectivity index (χ3v) is 2.51. The van der Waals surface area contributed by atoms with Gasteiger partial charge in [0, 0.05) is 14.4 Å². The second-order valence-electron chi connectivity index (χ2n) is 4.52. The number of carbonyl (C=O) groups excluding carboxylic acids is 1. The minimum absolute atomic E-state index is 0. The van der Waals surface area contributed by atoms with Crippen molar-refractivity contribution in [3.05, 3.63) is 0 Å². The number of amides is 1. The summed E-state index contributed by atoms with van der Waals surface area (Å²) in [7, 11) is 6.33. The average molecular weight is 231 g/mol. The minimum Gasteiger partial charge on any atom is -0.356 e. The minimum atomic E-state index is 0. The average Bonchev–Trinajstić information content (AvgIpc) is 2.23. The van der Waals surface area contributed by atoms with Gasteiger partial charge in [-0.1, -0.05) is 6.92 Å². The summed E-state index contributed by atoms with van der Waals surface area (Å²) in [5, 5.41) is 2.89. The SMILES string of the molecule is CCC(=O)NCCCN(C)CCCN(C)C.[HH]. The van der Waals surface area contributed by atoms with E-state index in [4.69, 9.17) is 0 Å². The Morgan fingerprint density at radius 1 is 1.12 bits per heavy atom. The van der Waals surface area contributed by atoms with Gasteiger partial charge in [0.1, 0.15) is 0 Å². The van der Waals surface area contributed by atoms with Crippen LogP contribution in [0.2, 0.25) is 0 Å². The Labute approximate surface area is 101 Å². The lowest BCUT2D eigenvalue weighted by atomic mass is 10.3. The summed E-state index contributed by atoms with van der Waals surface area (Å²) in [6, 6.07) is 0. The highest BCUT2D eigenvalue weighted by molar-refractivity contribution is 5.75. The second kappa shape index (κ2) is 9.60. The lowest BCUT2D eigenvalue weighted by Crippen LogP contribution is -2.29. The van der Waals surface area contributed by atoms with Crippen LogP contribution in [0.15, 0.2) is 0 Å². The molecule has 0 atom stereocenters. The van der Waals surface area contributed by atoms with Crippen molar-refractivity contribution in [1.29, 1.82) is 0 Å². The zero-order chi connectivity index (χ0) is 12.4. The molecule has 0 radical (unpaired) electrons. The third kappa shape index (κ3) is 9.93. The summed E-state index contributed by atoms with van der Waals surface area (Å²) in [5.41, 5.74) is 0. The van der Waals surface area contributed by atoms with Crippen LogP contribution in [0.5, 0.6) is 0 Å². The maximum Gasteiger partial charge on any atom is 0.219 e. The Morgan fingerprint density at radius 3 is 2.31 bits per heavy atom. The van der Waals surface area contributed by atoms with Crippen LogP contribution in [0, 0.1) is 0 Å². The molecule has 1 amide bonds. The van der Waals surface area contributed by atoms with E-state index < -0.39 is 0 Å². The van der Waals surface area contributed by atoms with Crippen LogP contribution in [-0.4, -0.2) is 63.0 Å². The monoisotopic (exact) mass is 231 g/mol. The first-order valence-electron chi connectivity index (χ1n) is 6.16. The molecular weight excluding hydrogens is 202 g/mol. The molecule has 0 aromatic carbocycles. The van der Waals surface area contributed by atoms with Gasteiger partial charge in [-0.3, -0.25) is 4.79 Å². The lowest BCUT2D eigenvalue weighted by Gasteiger charge is -2.18. The van der Waals surface area contributed by atoms with Crippen molar-refractivity contribution in [2.24, 2.45) is 0 Å². The molecule has 0 rings (SSSR count). The van der Waals surface area contributed by atoms with Gasteiger partial charge < -0.3 is 15.1 Å². The molecule has 98 valence electrons. The van der Waals surface area contributed by atoms with Gasteiger partial charge in [-0.05, 0) is 53.6 Å². The maximum absolute atomic E-state index is 11.0. The predicted molar refractivity (Wildman–Crippen MR) is 70.7 cm³/mol. The number of nitrogens with zero attached hydrogens (tertiary/aromatic N) is 2. The first-order chi connectivity index (χ1) is 7.56. The van der Waals surface area contributed by atoms with Gasteiger partial charge in [0.25, 0.3) is 0 Å². The smallest absolute Gasteiger partial charge is 0.219 e. The number of hydrogen-bond donors (Lipinski definition) is 1. The Kier molecular flexibility index (Phi) is 9.24. The molecule has 1 N–H and O–H groups in total. The highest BCUT2D eigenvalue weighted by Crippen LogP contribution is 1.91. The van der Waals surface area contributed by atoms with Crippen molar-refractivity contribution in [3.63, 3.8) is 0 Å². The first-order valence-corrected chi connectivity index (χ1v) is 6.16. The summed E-state index contributed by atoms with van der Waals surface area (Å²) >= 11 is 0. The van der Waals surface area contributed by atoms with Gasteiger partial charge in [-0.25, -0.2) is 0 Å². The molecule has 0 aliphatic carbocycles. The van der Waals surface area contributed by atoms with Gasteiger partial charge in [0.05, 0.1) is 0 Å². The molecule has 0 heterocycles. The lowest BCUT2D eigenvalue weighted by molar-refractivity contribution is -0.120. The van der Waals surface area contributed by atoms with Crippen LogP contribution in [0.3, 0.4) is 0 Å². The molecule has 0 aliphatic heterocycles. The standard InChI is InChI=1S/C12H27N3O.H2/c1-5-12(16)13-8-6-10-15(4)11-7-9-14(2)3;/h5-11H2,1-4H3,(H,13,16);1H. The van der Waals surface area contributed by atoms with Crippen LogP contribution in [0.25, 0.3) is 0 Å². The van der Waals surface area contributed by atoms with Crippen molar-refractivity contribution >= 4 is 5.91 Å². The molecule has 16 heavy (non-hydrogen) atoms. The van der Waals surface area contributed by atoms with Gasteiger partial charge in [0.15, 0.2) is 0 Å². The fraction of sp³-hybridized carbons (Fsp3) is 0.917. The number of nitrogens with one attached hydrogen (secondary N) is 1. The molecule has 0 saturated carbocycles. The van der Waals surface area contributed by atoms with E-state index in [1.807, 2.05) is 6.92 Å². The highest BCUT2D eigenvalue weighted by Gasteiger charge is 2.00. The molecule has 0 aliphatic rings. The van der Waals surface area contributed by atoms with E-state index in [0.29, 0.717) is 6.42 Å². The number of rotatable bonds is 9. The van der Waals surface area contributed by atoms with Crippen molar-refractivity contribution in [1.82, 2.24) is 15.1 Å². The van der Waals surface area contributed by atoms with Crippen LogP contribution >= 0.6 is 0 Å². The summed E-state index contributed by atoms with van der Waals surface area (Å²) < 4.78 is 0. The van der Waals surface area contributed by atoms with E-state index in [1.54, 1.807) is 0 Å². The molecular formula is C12H29N3O. The molecule has 0 fully saturated rings. The first kappa shape index (κ1) is 15.4. The zero-order valence-corrected chi connectivity index (χ0v) is 11.3. The Bertz CT molecular complexity index is 189. The zero-order valence-electron chi connectivity index (χ0n) is 11.3. The molecule has 0 spiro atoms. The van der Waals surface area contributed by atoms with Crippen LogP contribution in [-0.2, 0) is 4.79 Å². The van der Waals surface area contributed by atoms with Crippen molar-refractivity contribution in [3.8, 4) is 0 Å². The van der Waals surface area contributed by atoms with Gasteiger partial charge in [-0.15, -0.1) is 0 Å². The molecule has 4 heteroatoms. The second-order valence-corrected chi connectivity index (χ2v) is 4.52. The topological polar surface area (TPSA) is 35.6 Å². The summed E-state index contributed by atoms with van der Waals surface area (Å²) in [6.45, 7) is 5.99. The van der Waals surface area contributed by atoms with E-state index in [1.165, 1.54) is 6.42 Å². The summed E-state index contributed by atoms with van der Waals surface area (Å²) in [6.07, 6.45) is 2.81. The Balaban J connectivity index is 0. The number of hydrogen-bond acceptors (Lipinski definition) is 3. The Morgan fingerprint density at radius 2 is 1.75 bits per heavy atom. The van der Waals surface area contributed by atoms with E-state index in [0.717, 1.165) is 32.6 Å². The molecule has 0 unspecified atom stereocenters. The summed E-state index contributed by atoms with van der Waals surface area (Å²) in [5.74, 6) is 0.148. The van der Waals surface area contributed by atoms with Gasteiger partial charge >= 0.3 is 0 Å². The summed E-state index contributed by atoms with van der Waals surface area (Å²) in [4.78, 5) is 15.5. The van der Waals surface area contributed by atoms with Crippen molar-refractivity contribution in [2.75, 3.05) is 47.3 Å². The highest BCUT2D eigenvalue weighted by atomic mass is 16.1. The van der Waals surface area contributed by atoms with Crippen LogP contribution in [0.1, 0.15) is 27.6 Å². The predicted octanol–water partition coefficient (Wildman–Crippen LogP) is 1.03.